The van der Waals surface area contributed by atoms with Crippen molar-refractivity contribution in [3.8, 4) is 17.6 Å². The number of carbonyl (C=O) groups is 2. The van der Waals surface area contributed by atoms with Crippen LogP contribution in [0, 0.1) is 11.3 Å². The Balaban J connectivity index is 1.85. The second-order valence-corrected chi connectivity index (χ2v) is 8.05. The number of benzene rings is 1. The number of likely N-dealkylation sites (tertiary alicyclic amines) is 1. The number of nitriles is 1. The van der Waals surface area contributed by atoms with Gasteiger partial charge in [0, 0.05) is 19.0 Å². The van der Waals surface area contributed by atoms with Crippen LogP contribution in [0.5, 0.6) is 11.5 Å². The molecule has 29 heavy (non-hydrogen) atoms. The Hall–Kier alpha value is -2.86. The van der Waals surface area contributed by atoms with E-state index in [9.17, 15) is 14.9 Å². The van der Waals surface area contributed by atoms with Gasteiger partial charge in [0.1, 0.15) is 5.25 Å². The van der Waals surface area contributed by atoms with Gasteiger partial charge < -0.3 is 20.1 Å². The number of urea groups is 1. The smallest absolute Gasteiger partial charge is 0.324 e. The largest absolute Gasteiger partial charge is 0.493 e. The van der Waals surface area contributed by atoms with Crippen LogP contribution in [0.15, 0.2) is 28.8 Å². The SMILES string of the molecule is COc1ccc(C2C(C#N)=C(N)SC2C(=O)NC(=O)N2CCCCC2)cc1OC. The van der Waals surface area contributed by atoms with Crippen molar-refractivity contribution in [2.24, 2.45) is 5.73 Å². The van der Waals surface area contributed by atoms with Gasteiger partial charge in [0.15, 0.2) is 11.5 Å². The van der Waals surface area contributed by atoms with Gasteiger partial charge in [-0.2, -0.15) is 5.26 Å². The average molecular weight is 417 g/mol. The molecule has 0 radical (unpaired) electrons. The fraction of sp³-hybridized carbons (Fsp3) is 0.450. The van der Waals surface area contributed by atoms with Gasteiger partial charge >= 0.3 is 6.03 Å². The number of hydrogen-bond donors (Lipinski definition) is 2. The number of allylic oxidation sites excluding steroid dienone is 1. The van der Waals surface area contributed by atoms with E-state index in [1.165, 1.54) is 14.2 Å². The summed E-state index contributed by atoms with van der Waals surface area (Å²) in [6.07, 6.45) is 2.95. The van der Waals surface area contributed by atoms with E-state index in [1.54, 1.807) is 23.1 Å². The third kappa shape index (κ3) is 4.27. The van der Waals surface area contributed by atoms with Crippen LogP contribution in [0.1, 0.15) is 30.7 Å². The number of piperidine rings is 1. The van der Waals surface area contributed by atoms with Crippen LogP contribution >= 0.6 is 11.8 Å². The first-order chi connectivity index (χ1) is 14.0. The van der Waals surface area contributed by atoms with Gasteiger partial charge in [-0.25, -0.2) is 4.79 Å². The molecular formula is C20H24N4O4S. The molecule has 2 aliphatic heterocycles. The van der Waals surface area contributed by atoms with Gasteiger partial charge in [-0.3, -0.25) is 10.1 Å². The Bertz CT molecular complexity index is 874. The summed E-state index contributed by atoms with van der Waals surface area (Å²) in [5, 5.41) is 11.7. The molecule has 9 heteroatoms. The second-order valence-electron chi connectivity index (χ2n) is 6.86. The molecule has 1 aromatic rings. The fourth-order valence-electron chi connectivity index (χ4n) is 3.64. The molecule has 1 aromatic carbocycles. The predicted molar refractivity (Wildman–Crippen MR) is 109 cm³/mol. The number of nitrogens with zero attached hydrogens (tertiary/aromatic N) is 2. The predicted octanol–water partition coefficient (Wildman–Crippen LogP) is 2.32. The number of methoxy groups -OCH3 is 2. The fourth-order valence-corrected chi connectivity index (χ4v) is 4.81. The standard InChI is InChI=1S/C20H24N4O4S/c1-27-14-7-6-12(10-15(14)28-2)16-13(11-21)18(22)29-17(16)19(25)23-20(26)24-8-4-3-5-9-24/h6-7,10,16-17H,3-5,8-9,22H2,1-2H3,(H,23,25,26). The zero-order valence-electron chi connectivity index (χ0n) is 16.4. The molecule has 3 N–H and O–H groups in total. The summed E-state index contributed by atoms with van der Waals surface area (Å²) < 4.78 is 10.6. The molecule has 0 bridgehead atoms. The monoisotopic (exact) mass is 416 g/mol. The van der Waals surface area contributed by atoms with Gasteiger partial charge in [0.25, 0.3) is 0 Å². The lowest BCUT2D eigenvalue weighted by Crippen LogP contribution is -2.48. The highest BCUT2D eigenvalue weighted by atomic mass is 32.2. The number of nitrogens with two attached hydrogens (primary N) is 1. The molecular weight excluding hydrogens is 392 g/mol. The van der Waals surface area contributed by atoms with E-state index >= 15 is 0 Å². The third-order valence-corrected chi connectivity index (χ3v) is 6.37. The Morgan fingerprint density at radius 3 is 2.52 bits per heavy atom. The van der Waals surface area contributed by atoms with E-state index in [1.807, 2.05) is 0 Å². The molecule has 2 unspecified atom stereocenters. The second kappa shape index (κ2) is 9.09. The van der Waals surface area contributed by atoms with Crippen molar-refractivity contribution in [3.05, 3.63) is 34.4 Å². The number of amides is 3. The van der Waals surface area contributed by atoms with E-state index in [4.69, 9.17) is 15.2 Å². The molecule has 1 saturated heterocycles. The van der Waals surface area contributed by atoms with Crippen molar-refractivity contribution in [1.29, 1.82) is 5.26 Å². The van der Waals surface area contributed by atoms with Crippen LogP contribution < -0.4 is 20.5 Å². The van der Waals surface area contributed by atoms with Crippen molar-refractivity contribution < 1.29 is 19.1 Å². The maximum Gasteiger partial charge on any atom is 0.324 e. The third-order valence-electron chi connectivity index (χ3n) is 5.15. The zero-order valence-corrected chi connectivity index (χ0v) is 17.3. The Morgan fingerprint density at radius 1 is 1.21 bits per heavy atom. The molecule has 2 atom stereocenters. The van der Waals surface area contributed by atoms with E-state index in [0.29, 0.717) is 35.7 Å². The molecule has 3 amide bonds. The van der Waals surface area contributed by atoms with Crippen molar-refractivity contribution in [2.75, 3.05) is 27.3 Å². The molecule has 2 aliphatic rings. The highest BCUT2D eigenvalue weighted by Gasteiger charge is 2.42. The molecule has 8 nitrogen and oxygen atoms in total. The van der Waals surface area contributed by atoms with E-state index in [2.05, 4.69) is 11.4 Å². The number of thioether (sulfide) groups is 1. The van der Waals surface area contributed by atoms with Crippen LogP contribution in [0.3, 0.4) is 0 Å². The van der Waals surface area contributed by atoms with Gasteiger partial charge in [-0.1, -0.05) is 17.8 Å². The Morgan fingerprint density at radius 2 is 1.90 bits per heavy atom. The lowest BCUT2D eigenvalue weighted by Gasteiger charge is -2.27. The topological polar surface area (TPSA) is 118 Å². The zero-order chi connectivity index (χ0) is 21.0. The quantitative estimate of drug-likeness (QED) is 0.773. The van der Waals surface area contributed by atoms with Gasteiger partial charge in [0.2, 0.25) is 5.91 Å². The summed E-state index contributed by atoms with van der Waals surface area (Å²) in [7, 11) is 3.05. The summed E-state index contributed by atoms with van der Waals surface area (Å²) in [6, 6.07) is 6.94. The van der Waals surface area contributed by atoms with Crippen LogP contribution in [0.25, 0.3) is 0 Å². The number of rotatable bonds is 4. The molecule has 0 aromatic heterocycles. The summed E-state index contributed by atoms with van der Waals surface area (Å²) in [5.41, 5.74) is 7.04. The molecule has 0 aliphatic carbocycles. The molecule has 2 heterocycles. The van der Waals surface area contributed by atoms with Crippen molar-refractivity contribution in [1.82, 2.24) is 10.2 Å². The number of hydrogen-bond acceptors (Lipinski definition) is 7. The molecule has 1 fully saturated rings. The minimum atomic E-state index is -0.725. The van der Waals surface area contributed by atoms with Crippen molar-refractivity contribution >= 4 is 23.7 Å². The maximum absolute atomic E-state index is 12.9. The summed E-state index contributed by atoms with van der Waals surface area (Å²) in [6.45, 7) is 1.28. The Kier molecular flexibility index (Phi) is 6.54. The summed E-state index contributed by atoms with van der Waals surface area (Å²) >= 11 is 1.10. The number of imide groups is 1. The first-order valence-corrected chi connectivity index (χ1v) is 10.3. The minimum Gasteiger partial charge on any atom is -0.493 e. The van der Waals surface area contributed by atoms with Crippen molar-refractivity contribution in [2.45, 2.75) is 30.4 Å². The molecule has 3 rings (SSSR count). The number of carbonyl (C=O) groups excluding carboxylic acids is 2. The number of ether oxygens (including phenoxy) is 2. The van der Waals surface area contributed by atoms with Crippen LogP contribution in [-0.2, 0) is 4.79 Å². The van der Waals surface area contributed by atoms with E-state index in [0.717, 1.165) is 31.0 Å². The van der Waals surface area contributed by atoms with Gasteiger partial charge in [-0.15, -0.1) is 0 Å². The first-order valence-electron chi connectivity index (χ1n) is 9.38. The molecule has 154 valence electrons. The lowest BCUT2D eigenvalue weighted by molar-refractivity contribution is -0.119. The van der Waals surface area contributed by atoms with Gasteiger partial charge in [-0.05, 0) is 37.0 Å². The minimum absolute atomic E-state index is 0.290. The van der Waals surface area contributed by atoms with Gasteiger partial charge in [0.05, 0.1) is 30.9 Å². The van der Waals surface area contributed by atoms with Crippen LogP contribution in [0.2, 0.25) is 0 Å². The highest BCUT2D eigenvalue weighted by Crippen LogP contribution is 2.47. The normalized spacial score (nSPS) is 21.5. The van der Waals surface area contributed by atoms with Crippen LogP contribution in [0.4, 0.5) is 4.79 Å². The molecule has 0 saturated carbocycles. The number of nitrogens with one attached hydrogen (secondary N) is 1. The summed E-state index contributed by atoms with van der Waals surface area (Å²) in [5.74, 6) is -0.0162. The van der Waals surface area contributed by atoms with E-state index in [-0.39, 0.29) is 5.03 Å². The molecule has 0 spiro atoms. The lowest BCUT2D eigenvalue weighted by atomic mass is 9.88. The van der Waals surface area contributed by atoms with Crippen molar-refractivity contribution in [3.63, 3.8) is 0 Å². The van der Waals surface area contributed by atoms with Crippen LogP contribution in [-0.4, -0.2) is 49.4 Å². The summed E-state index contributed by atoms with van der Waals surface area (Å²) in [4.78, 5) is 27.1. The highest BCUT2D eigenvalue weighted by molar-refractivity contribution is 8.04. The average Bonchev–Trinajstić information content (AvgIpc) is 3.10. The maximum atomic E-state index is 12.9. The Labute approximate surface area is 174 Å². The van der Waals surface area contributed by atoms with E-state index < -0.39 is 23.1 Å². The first kappa shape index (κ1) is 20.9.